The van der Waals surface area contributed by atoms with Crippen LogP contribution in [0.3, 0.4) is 0 Å². The van der Waals surface area contributed by atoms with Crippen LogP contribution in [0, 0.1) is 6.92 Å². The first-order chi connectivity index (χ1) is 11.1. The van der Waals surface area contributed by atoms with Gasteiger partial charge in [0.2, 0.25) is 5.76 Å². The van der Waals surface area contributed by atoms with Crippen LogP contribution in [0.15, 0.2) is 28.7 Å². The molecule has 23 heavy (non-hydrogen) atoms. The van der Waals surface area contributed by atoms with Crippen LogP contribution in [0.2, 0.25) is 0 Å². The highest BCUT2D eigenvalue weighted by Gasteiger charge is 2.39. The third-order valence-corrected chi connectivity index (χ3v) is 4.45. The van der Waals surface area contributed by atoms with Gasteiger partial charge in [0.05, 0.1) is 5.69 Å². The van der Waals surface area contributed by atoms with Gasteiger partial charge in [0.1, 0.15) is 5.92 Å². The van der Waals surface area contributed by atoms with Crippen molar-refractivity contribution < 1.29 is 19.1 Å². The number of fused-ring (bicyclic) bond motifs is 1. The number of aryl methyl sites for hydroxylation is 1. The first kappa shape index (κ1) is 14.0. The number of rotatable bonds is 3. The molecule has 1 fully saturated rings. The molecule has 4 rings (SSSR count). The Morgan fingerprint density at radius 3 is 2.74 bits per heavy atom. The summed E-state index contributed by atoms with van der Waals surface area (Å²) in [5.41, 5.74) is 1.86. The van der Waals surface area contributed by atoms with E-state index in [4.69, 9.17) is 4.42 Å². The smallest absolute Gasteiger partial charge is 0.312 e. The number of para-hydroxylation sites is 1. The number of carbonyl (C=O) groups excluding carboxylic acids is 1. The lowest BCUT2D eigenvalue weighted by molar-refractivity contribution is -0.138. The van der Waals surface area contributed by atoms with E-state index in [2.05, 4.69) is 4.98 Å². The number of hydrogen-bond donors (Lipinski definition) is 1. The monoisotopic (exact) mass is 312 g/mol. The minimum Gasteiger partial charge on any atom is -0.481 e. The maximum Gasteiger partial charge on any atom is 0.312 e. The average Bonchev–Trinajstić information content (AvgIpc) is 3.20. The minimum absolute atomic E-state index is 0.117. The van der Waals surface area contributed by atoms with Crippen LogP contribution in [0.25, 0.3) is 0 Å². The molecule has 2 heterocycles. The van der Waals surface area contributed by atoms with Crippen molar-refractivity contribution in [3.8, 4) is 0 Å². The van der Waals surface area contributed by atoms with Gasteiger partial charge in [0, 0.05) is 18.2 Å². The predicted molar refractivity (Wildman–Crippen MR) is 81.7 cm³/mol. The van der Waals surface area contributed by atoms with Crippen LogP contribution in [0.1, 0.15) is 52.4 Å². The van der Waals surface area contributed by atoms with E-state index in [1.165, 1.54) is 4.90 Å². The van der Waals surface area contributed by atoms with Gasteiger partial charge in [-0.05, 0) is 31.4 Å². The Hall–Kier alpha value is -2.63. The van der Waals surface area contributed by atoms with Crippen LogP contribution >= 0.6 is 0 Å². The van der Waals surface area contributed by atoms with E-state index in [1.54, 1.807) is 31.2 Å². The van der Waals surface area contributed by atoms with Crippen molar-refractivity contribution >= 4 is 17.6 Å². The fourth-order valence-corrected chi connectivity index (χ4v) is 3.05. The zero-order valence-electron chi connectivity index (χ0n) is 12.7. The highest BCUT2D eigenvalue weighted by molar-refractivity contribution is 6.07. The summed E-state index contributed by atoms with van der Waals surface area (Å²) in [5, 5.41) is 9.40. The Labute approximate surface area is 132 Å². The molecule has 1 aliphatic heterocycles. The number of aromatic nitrogens is 1. The van der Waals surface area contributed by atoms with E-state index in [1.807, 2.05) is 0 Å². The van der Waals surface area contributed by atoms with Gasteiger partial charge in [-0.25, -0.2) is 4.98 Å². The molecule has 1 saturated carbocycles. The normalized spacial score (nSPS) is 19.7. The number of carboxylic acid groups (broad SMARTS) is 1. The van der Waals surface area contributed by atoms with Gasteiger partial charge >= 0.3 is 5.97 Å². The summed E-state index contributed by atoms with van der Waals surface area (Å²) in [6, 6.07) is 7.10. The van der Waals surface area contributed by atoms with Crippen molar-refractivity contribution in [2.45, 2.75) is 31.6 Å². The average molecular weight is 312 g/mol. The molecule has 6 nitrogen and oxygen atoms in total. The number of aliphatic carboxylic acids is 1. The first-order valence-electron chi connectivity index (χ1n) is 7.67. The number of amides is 1. The molecule has 2 aliphatic rings. The third kappa shape index (κ3) is 2.21. The number of hydrogen-bond acceptors (Lipinski definition) is 4. The van der Waals surface area contributed by atoms with Crippen LogP contribution in [-0.2, 0) is 4.79 Å². The number of carboxylic acids is 1. The number of anilines is 1. The molecule has 0 spiro atoms. The standard InChI is InChI=1S/C17H16N2O4/c1-9-14(23-15(18-9)10-6-7-10)16(20)19-8-12(17(21)22)11-4-2-3-5-13(11)19/h2-5,10,12H,6-8H2,1H3,(H,21,22). The van der Waals surface area contributed by atoms with Gasteiger partial charge < -0.3 is 14.4 Å². The molecule has 1 aliphatic carbocycles. The highest BCUT2D eigenvalue weighted by Crippen LogP contribution is 2.41. The van der Waals surface area contributed by atoms with Gasteiger partial charge in [0.15, 0.2) is 5.89 Å². The Morgan fingerprint density at radius 2 is 2.04 bits per heavy atom. The minimum atomic E-state index is -0.930. The lowest BCUT2D eigenvalue weighted by Crippen LogP contribution is -2.31. The molecule has 118 valence electrons. The molecule has 1 amide bonds. The third-order valence-electron chi connectivity index (χ3n) is 4.45. The summed E-state index contributed by atoms with van der Waals surface area (Å²) in [7, 11) is 0. The SMILES string of the molecule is Cc1nc(C2CC2)oc1C(=O)N1CC(C(=O)O)c2ccccc21. The van der Waals surface area contributed by atoms with Gasteiger partial charge in [-0.3, -0.25) is 9.59 Å². The van der Waals surface area contributed by atoms with Gasteiger partial charge in [-0.15, -0.1) is 0 Å². The largest absolute Gasteiger partial charge is 0.481 e. The quantitative estimate of drug-likeness (QED) is 0.942. The topological polar surface area (TPSA) is 83.6 Å². The van der Waals surface area contributed by atoms with E-state index in [9.17, 15) is 14.7 Å². The van der Waals surface area contributed by atoms with Crippen LogP contribution < -0.4 is 4.90 Å². The van der Waals surface area contributed by atoms with Gasteiger partial charge in [0.25, 0.3) is 5.91 Å². The summed E-state index contributed by atoms with van der Waals surface area (Å²) in [6.07, 6.45) is 2.09. The predicted octanol–water partition coefficient (Wildman–Crippen LogP) is 2.69. The summed E-state index contributed by atoms with van der Waals surface area (Å²) in [5.74, 6) is -0.797. The molecule has 1 atom stereocenters. The second-order valence-corrected chi connectivity index (χ2v) is 6.11. The fraction of sp³-hybridized carbons (Fsp3) is 0.353. The zero-order valence-corrected chi connectivity index (χ0v) is 12.7. The molecule has 1 aromatic heterocycles. The van der Waals surface area contributed by atoms with Crippen molar-refractivity contribution in [2.75, 3.05) is 11.4 Å². The number of oxazole rings is 1. The van der Waals surface area contributed by atoms with Crippen molar-refractivity contribution in [1.82, 2.24) is 4.98 Å². The Bertz CT molecular complexity index is 807. The molecular formula is C17H16N2O4. The Morgan fingerprint density at radius 1 is 1.30 bits per heavy atom. The van der Waals surface area contributed by atoms with Crippen LogP contribution in [0.4, 0.5) is 5.69 Å². The summed E-state index contributed by atoms with van der Waals surface area (Å²) in [6.45, 7) is 1.87. The molecule has 1 unspecified atom stereocenters. The number of carbonyl (C=O) groups is 2. The molecule has 1 aromatic carbocycles. The van der Waals surface area contributed by atoms with E-state index in [0.29, 0.717) is 28.8 Å². The lowest BCUT2D eigenvalue weighted by atomic mass is 10.0. The fourth-order valence-electron chi connectivity index (χ4n) is 3.05. The summed E-state index contributed by atoms with van der Waals surface area (Å²) in [4.78, 5) is 30.1. The molecule has 0 bridgehead atoms. The van der Waals surface area contributed by atoms with E-state index in [0.717, 1.165) is 12.8 Å². The Balaban J connectivity index is 1.70. The van der Waals surface area contributed by atoms with Crippen molar-refractivity contribution in [2.24, 2.45) is 0 Å². The zero-order chi connectivity index (χ0) is 16.1. The number of nitrogens with zero attached hydrogens (tertiary/aromatic N) is 2. The van der Waals surface area contributed by atoms with Crippen molar-refractivity contribution in [1.29, 1.82) is 0 Å². The summed E-state index contributed by atoms with van der Waals surface area (Å²) < 4.78 is 5.67. The van der Waals surface area contributed by atoms with Crippen LogP contribution in [-0.4, -0.2) is 28.5 Å². The van der Waals surface area contributed by atoms with E-state index in [-0.39, 0.29) is 18.2 Å². The van der Waals surface area contributed by atoms with Gasteiger partial charge in [-0.2, -0.15) is 0 Å². The summed E-state index contributed by atoms with van der Waals surface area (Å²) >= 11 is 0. The molecule has 6 heteroatoms. The van der Waals surface area contributed by atoms with E-state index >= 15 is 0 Å². The van der Waals surface area contributed by atoms with E-state index < -0.39 is 11.9 Å². The molecule has 2 aromatic rings. The lowest BCUT2D eigenvalue weighted by Gasteiger charge is -2.16. The first-order valence-corrected chi connectivity index (χ1v) is 7.67. The van der Waals surface area contributed by atoms with Crippen LogP contribution in [0.5, 0.6) is 0 Å². The molecule has 0 saturated heterocycles. The Kier molecular flexibility index (Phi) is 3.01. The number of benzene rings is 1. The van der Waals surface area contributed by atoms with Gasteiger partial charge in [-0.1, -0.05) is 18.2 Å². The molecular weight excluding hydrogens is 296 g/mol. The van der Waals surface area contributed by atoms with Crippen molar-refractivity contribution in [3.05, 3.63) is 47.2 Å². The second kappa shape index (κ2) is 4.94. The molecule has 1 N–H and O–H groups in total. The van der Waals surface area contributed by atoms with Crippen molar-refractivity contribution in [3.63, 3.8) is 0 Å². The molecule has 0 radical (unpaired) electrons. The maximum absolute atomic E-state index is 12.9. The highest BCUT2D eigenvalue weighted by atomic mass is 16.4. The maximum atomic E-state index is 12.9. The second-order valence-electron chi connectivity index (χ2n) is 6.11.